The van der Waals surface area contributed by atoms with Gasteiger partial charge in [-0.2, -0.15) is 0 Å². The Labute approximate surface area is 98.3 Å². The van der Waals surface area contributed by atoms with Gasteiger partial charge in [-0.25, -0.2) is 0 Å². The van der Waals surface area contributed by atoms with E-state index in [0.29, 0.717) is 17.6 Å². The summed E-state index contributed by atoms with van der Waals surface area (Å²) in [6.07, 6.45) is 7.36. The van der Waals surface area contributed by atoms with Crippen molar-refractivity contribution in [1.29, 1.82) is 0 Å². The maximum absolute atomic E-state index is 12.1. The number of carbonyl (C=O) groups excluding carboxylic acids is 1. The average molecular weight is 221 g/mol. The molecule has 2 saturated carbocycles. The van der Waals surface area contributed by atoms with Gasteiger partial charge in [-0.1, -0.05) is 13.8 Å². The van der Waals surface area contributed by atoms with E-state index in [1.807, 2.05) is 0 Å². The molecule has 0 aromatic heterocycles. The predicted molar refractivity (Wildman–Crippen MR) is 65.7 cm³/mol. The summed E-state index contributed by atoms with van der Waals surface area (Å²) in [7, 11) is 0. The van der Waals surface area contributed by atoms with E-state index in [2.05, 4.69) is 13.8 Å². The first-order valence-electron chi connectivity index (χ1n) is 6.57. The minimum atomic E-state index is 0.291. The van der Waals surface area contributed by atoms with Crippen molar-refractivity contribution in [3.8, 4) is 0 Å². The fourth-order valence-corrected chi connectivity index (χ4v) is 2.86. The highest BCUT2D eigenvalue weighted by Gasteiger charge is 2.39. The molecule has 0 spiro atoms. The van der Waals surface area contributed by atoms with Crippen LogP contribution in [0.1, 0.15) is 46.0 Å². The van der Waals surface area contributed by atoms with Gasteiger partial charge >= 0.3 is 0 Å². The highest BCUT2D eigenvalue weighted by Crippen LogP contribution is 2.44. The molecule has 2 aliphatic rings. The second kappa shape index (κ2) is 4.60. The normalized spacial score (nSPS) is 30.3. The number of ketones is 1. The van der Waals surface area contributed by atoms with E-state index in [1.54, 1.807) is 6.20 Å². The summed E-state index contributed by atoms with van der Waals surface area (Å²) in [5.74, 6) is 2.69. The van der Waals surface area contributed by atoms with Crippen LogP contribution in [0.25, 0.3) is 0 Å². The second-order valence-electron chi connectivity index (χ2n) is 5.92. The van der Waals surface area contributed by atoms with Gasteiger partial charge in [0.15, 0.2) is 5.78 Å². The Balaban J connectivity index is 1.80. The van der Waals surface area contributed by atoms with Gasteiger partial charge in [-0.05, 0) is 49.9 Å². The average Bonchev–Trinajstić information content (AvgIpc) is 2.95. The lowest BCUT2D eigenvalue weighted by atomic mass is 9.68. The van der Waals surface area contributed by atoms with Gasteiger partial charge in [0.25, 0.3) is 0 Å². The third kappa shape index (κ3) is 2.47. The third-order valence-electron chi connectivity index (χ3n) is 3.89. The summed E-state index contributed by atoms with van der Waals surface area (Å²) in [6, 6.07) is 0. The molecule has 0 unspecified atom stereocenters. The molecule has 2 fully saturated rings. The summed E-state index contributed by atoms with van der Waals surface area (Å²) in [4.78, 5) is 12.1. The fraction of sp³-hybridized carbons (Fsp3) is 0.786. The third-order valence-corrected chi connectivity index (χ3v) is 3.89. The van der Waals surface area contributed by atoms with Crippen molar-refractivity contribution in [2.75, 3.05) is 0 Å². The molecular weight excluding hydrogens is 198 g/mol. The number of nitrogens with two attached hydrogens (primary N) is 1. The maximum Gasteiger partial charge on any atom is 0.163 e. The molecule has 2 aliphatic carbocycles. The number of rotatable bonds is 5. The zero-order valence-corrected chi connectivity index (χ0v) is 10.4. The van der Waals surface area contributed by atoms with Crippen molar-refractivity contribution in [1.82, 2.24) is 0 Å². The number of hydrogen-bond donors (Lipinski definition) is 1. The number of allylic oxidation sites excluding steroid dienone is 1. The van der Waals surface area contributed by atoms with Gasteiger partial charge in [0.05, 0.1) is 0 Å². The zero-order valence-electron chi connectivity index (χ0n) is 10.4. The summed E-state index contributed by atoms with van der Waals surface area (Å²) in [5, 5.41) is 0. The molecule has 0 radical (unpaired) electrons. The monoisotopic (exact) mass is 221 g/mol. The standard InChI is InChI=1S/C14H23NO/c1-9(2)5-10-6-12(7-10)14(16)13(8-15)11-3-4-11/h8-12H,3-7,15H2,1-2H3. The van der Waals surface area contributed by atoms with Crippen molar-refractivity contribution in [3.05, 3.63) is 11.8 Å². The molecule has 0 aromatic rings. The largest absolute Gasteiger partial charge is 0.404 e. The lowest BCUT2D eigenvalue weighted by Gasteiger charge is -2.35. The van der Waals surface area contributed by atoms with Crippen LogP contribution in [0.4, 0.5) is 0 Å². The summed E-state index contributed by atoms with van der Waals surface area (Å²) >= 11 is 0. The molecule has 0 amide bonds. The van der Waals surface area contributed by atoms with Crippen LogP contribution in [0.3, 0.4) is 0 Å². The molecule has 0 aliphatic heterocycles. The number of hydrogen-bond acceptors (Lipinski definition) is 2. The first-order chi connectivity index (χ1) is 7.61. The van der Waals surface area contributed by atoms with Crippen molar-refractivity contribution >= 4 is 5.78 Å². The molecule has 0 saturated heterocycles. The van der Waals surface area contributed by atoms with Crippen molar-refractivity contribution in [2.24, 2.45) is 29.4 Å². The van der Waals surface area contributed by atoms with Crippen LogP contribution in [0.5, 0.6) is 0 Å². The maximum atomic E-state index is 12.1. The Bertz CT molecular complexity index is 296. The van der Waals surface area contributed by atoms with Crippen molar-refractivity contribution in [2.45, 2.75) is 46.0 Å². The molecular formula is C14H23NO. The molecule has 16 heavy (non-hydrogen) atoms. The second-order valence-corrected chi connectivity index (χ2v) is 5.92. The van der Waals surface area contributed by atoms with Crippen LogP contribution in [0.2, 0.25) is 0 Å². The van der Waals surface area contributed by atoms with Crippen molar-refractivity contribution in [3.63, 3.8) is 0 Å². The highest BCUT2D eigenvalue weighted by molar-refractivity contribution is 5.98. The van der Waals surface area contributed by atoms with E-state index in [1.165, 1.54) is 6.42 Å². The summed E-state index contributed by atoms with van der Waals surface area (Å²) < 4.78 is 0. The SMILES string of the molecule is CC(C)CC1CC(C(=O)C(=CN)C2CC2)C1. The van der Waals surface area contributed by atoms with Crippen LogP contribution in [-0.4, -0.2) is 5.78 Å². The molecule has 0 heterocycles. The highest BCUT2D eigenvalue weighted by atomic mass is 16.1. The topological polar surface area (TPSA) is 43.1 Å². The Hall–Kier alpha value is -0.790. The van der Waals surface area contributed by atoms with Gasteiger partial charge < -0.3 is 5.73 Å². The Morgan fingerprint density at radius 2 is 1.94 bits per heavy atom. The van der Waals surface area contributed by atoms with Crippen molar-refractivity contribution < 1.29 is 4.79 Å². The van der Waals surface area contributed by atoms with Gasteiger partial charge in [-0.3, -0.25) is 4.79 Å². The van der Waals surface area contributed by atoms with E-state index < -0.39 is 0 Å². The Morgan fingerprint density at radius 1 is 1.31 bits per heavy atom. The first kappa shape index (κ1) is 11.7. The lowest BCUT2D eigenvalue weighted by molar-refractivity contribution is -0.123. The first-order valence-corrected chi connectivity index (χ1v) is 6.57. The van der Waals surface area contributed by atoms with Gasteiger partial charge in [0, 0.05) is 17.7 Å². The Morgan fingerprint density at radius 3 is 2.38 bits per heavy atom. The van der Waals surface area contributed by atoms with Crippen LogP contribution in [-0.2, 0) is 4.79 Å². The van der Waals surface area contributed by atoms with E-state index in [4.69, 9.17) is 5.73 Å². The van der Waals surface area contributed by atoms with Crippen LogP contribution < -0.4 is 5.73 Å². The fourth-order valence-electron chi connectivity index (χ4n) is 2.86. The molecule has 0 atom stereocenters. The number of Topliss-reactive ketones (excluding diaryl/α,β-unsaturated/α-hetero) is 1. The summed E-state index contributed by atoms with van der Waals surface area (Å²) in [6.45, 7) is 4.51. The zero-order chi connectivity index (χ0) is 11.7. The van der Waals surface area contributed by atoms with Crippen LogP contribution in [0, 0.1) is 23.7 Å². The molecule has 2 heteroatoms. The van der Waals surface area contributed by atoms with Gasteiger partial charge in [-0.15, -0.1) is 0 Å². The summed E-state index contributed by atoms with van der Waals surface area (Å²) in [5.41, 5.74) is 6.49. The minimum Gasteiger partial charge on any atom is -0.404 e. The van der Waals surface area contributed by atoms with Crippen LogP contribution >= 0.6 is 0 Å². The molecule has 0 bridgehead atoms. The molecule has 2 N–H and O–H groups in total. The van der Waals surface area contributed by atoms with E-state index in [0.717, 1.165) is 43.1 Å². The van der Waals surface area contributed by atoms with Gasteiger partial charge in [0.2, 0.25) is 0 Å². The minimum absolute atomic E-state index is 0.291. The van der Waals surface area contributed by atoms with E-state index >= 15 is 0 Å². The predicted octanol–water partition coefficient (Wildman–Crippen LogP) is 2.88. The molecule has 2 nitrogen and oxygen atoms in total. The quantitative estimate of drug-likeness (QED) is 0.725. The molecule has 0 aromatic carbocycles. The van der Waals surface area contributed by atoms with Crippen LogP contribution in [0.15, 0.2) is 11.8 Å². The molecule has 90 valence electrons. The van der Waals surface area contributed by atoms with E-state index in [9.17, 15) is 4.79 Å². The molecule has 2 rings (SSSR count). The number of carbonyl (C=O) groups is 1. The van der Waals surface area contributed by atoms with Gasteiger partial charge in [0.1, 0.15) is 0 Å². The smallest absolute Gasteiger partial charge is 0.163 e. The van der Waals surface area contributed by atoms with E-state index in [-0.39, 0.29) is 0 Å². The Kier molecular flexibility index (Phi) is 3.36. The lowest BCUT2D eigenvalue weighted by Crippen LogP contribution is -2.32.